The fourth-order valence-corrected chi connectivity index (χ4v) is 1.57. The fourth-order valence-electron chi connectivity index (χ4n) is 1.57. The maximum atomic E-state index is 13.0. The Balaban J connectivity index is 2.56. The van der Waals surface area contributed by atoms with Crippen LogP contribution in [-0.2, 0) is 0 Å². The number of hydrogen-bond acceptors (Lipinski definition) is 1. The molecule has 0 N–H and O–H groups in total. The molecule has 0 aromatic carbocycles. The van der Waals surface area contributed by atoms with Gasteiger partial charge in [-0.2, -0.15) is 0 Å². The van der Waals surface area contributed by atoms with Gasteiger partial charge in [-0.15, -0.1) is 0 Å². The van der Waals surface area contributed by atoms with E-state index in [-0.39, 0.29) is 6.42 Å². The van der Waals surface area contributed by atoms with E-state index >= 15 is 0 Å². The van der Waals surface area contributed by atoms with E-state index in [0.29, 0.717) is 19.5 Å². The first kappa shape index (κ1) is 8.91. The highest BCUT2D eigenvalue weighted by Gasteiger charge is 2.41. The van der Waals surface area contributed by atoms with Crippen molar-refractivity contribution in [2.24, 2.45) is 5.92 Å². The first-order chi connectivity index (χ1) is 5.06. The molecular weight excluding hydrogens is 148 g/mol. The summed E-state index contributed by atoms with van der Waals surface area (Å²) < 4.78 is 26.0. The van der Waals surface area contributed by atoms with Crippen molar-refractivity contribution in [2.75, 3.05) is 20.1 Å². The van der Waals surface area contributed by atoms with E-state index in [2.05, 4.69) is 0 Å². The molecule has 1 aliphatic heterocycles. The highest BCUT2D eigenvalue weighted by molar-refractivity contribution is 4.83. The summed E-state index contributed by atoms with van der Waals surface area (Å²) in [6.45, 7) is 2.91. The van der Waals surface area contributed by atoms with Crippen LogP contribution in [0.4, 0.5) is 8.78 Å². The molecule has 1 saturated heterocycles. The normalized spacial score (nSPS) is 32.2. The molecule has 11 heavy (non-hydrogen) atoms. The van der Waals surface area contributed by atoms with Gasteiger partial charge in [0.25, 0.3) is 5.92 Å². The van der Waals surface area contributed by atoms with Crippen LogP contribution in [0.15, 0.2) is 0 Å². The van der Waals surface area contributed by atoms with Gasteiger partial charge in [-0.25, -0.2) is 8.78 Å². The van der Waals surface area contributed by atoms with Gasteiger partial charge in [0.15, 0.2) is 0 Å². The molecule has 0 saturated carbocycles. The molecule has 0 aliphatic carbocycles. The van der Waals surface area contributed by atoms with E-state index in [4.69, 9.17) is 0 Å². The third-order valence-electron chi connectivity index (χ3n) is 2.45. The molecule has 1 fully saturated rings. The molecule has 1 unspecified atom stereocenters. The molecule has 1 atom stereocenters. The smallest absolute Gasteiger partial charge is 0.253 e. The first-order valence-corrected chi connectivity index (χ1v) is 4.12. The van der Waals surface area contributed by atoms with E-state index in [9.17, 15) is 8.78 Å². The van der Waals surface area contributed by atoms with Crippen molar-refractivity contribution in [3.8, 4) is 0 Å². The van der Waals surface area contributed by atoms with Crippen molar-refractivity contribution in [2.45, 2.75) is 25.7 Å². The Hall–Kier alpha value is -0.180. The molecule has 0 bridgehead atoms. The van der Waals surface area contributed by atoms with Crippen molar-refractivity contribution in [3.05, 3.63) is 0 Å². The number of alkyl halides is 2. The van der Waals surface area contributed by atoms with Crippen molar-refractivity contribution in [3.63, 3.8) is 0 Å². The Morgan fingerprint density at radius 1 is 1.55 bits per heavy atom. The van der Waals surface area contributed by atoms with Crippen LogP contribution in [0.5, 0.6) is 0 Å². The second kappa shape index (κ2) is 3.05. The number of likely N-dealkylation sites (tertiary alicyclic amines) is 1. The lowest BCUT2D eigenvalue weighted by Gasteiger charge is -2.35. The Morgan fingerprint density at radius 2 is 2.18 bits per heavy atom. The molecule has 0 amide bonds. The van der Waals surface area contributed by atoms with Crippen LogP contribution < -0.4 is 0 Å². The lowest BCUT2D eigenvalue weighted by Crippen LogP contribution is -2.45. The number of hydrogen-bond donors (Lipinski definition) is 0. The Kier molecular flexibility index (Phi) is 2.47. The predicted molar refractivity (Wildman–Crippen MR) is 40.8 cm³/mol. The van der Waals surface area contributed by atoms with Gasteiger partial charge in [-0.1, -0.05) is 6.92 Å². The number of nitrogens with zero attached hydrogens (tertiary/aromatic N) is 1. The average molecular weight is 163 g/mol. The second-order valence-corrected chi connectivity index (χ2v) is 3.38. The lowest BCUT2D eigenvalue weighted by atomic mass is 9.92. The number of piperidine rings is 1. The molecule has 1 aliphatic rings. The molecule has 1 heterocycles. The third-order valence-corrected chi connectivity index (χ3v) is 2.45. The SMILES string of the molecule is CCC1CN(C)CCC1(F)F. The average Bonchev–Trinajstić information content (AvgIpc) is 1.94. The fraction of sp³-hybridized carbons (Fsp3) is 1.00. The molecule has 0 radical (unpaired) electrons. The molecule has 0 aromatic rings. The second-order valence-electron chi connectivity index (χ2n) is 3.38. The summed E-state index contributed by atoms with van der Waals surface area (Å²) in [7, 11) is 1.90. The minimum absolute atomic E-state index is 0.0298. The van der Waals surface area contributed by atoms with Gasteiger partial charge < -0.3 is 4.90 Å². The van der Waals surface area contributed by atoms with Crippen LogP contribution in [0.2, 0.25) is 0 Å². The van der Waals surface area contributed by atoms with E-state index in [0.717, 1.165) is 0 Å². The van der Waals surface area contributed by atoms with Gasteiger partial charge >= 0.3 is 0 Å². The van der Waals surface area contributed by atoms with Crippen LogP contribution in [0.1, 0.15) is 19.8 Å². The van der Waals surface area contributed by atoms with Gasteiger partial charge in [0, 0.05) is 25.4 Å². The summed E-state index contributed by atoms with van der Waals surface area (Å²) in [6.07, 6.45) is 0.610. The summed E-state index contributed by atoms with van der Waals surface area (Å²) in [4.78, 5) is 1.98. The molecule has 1 nitrogen and oxygen atoms in total. The summed E-state index contributed by atoms with van der Waals surface area (Å²) >= 11 is 0. The van der Waals surface area contributed by atoms with Gasteiger partial charge in [0.2, 0.25) is 0 Å². The van der Waals surface area contributed by atoms with E-state index in [1.807, 2.05) is 18.9 Å². The topological polar surface area (TPSA) is 3.24 Å². The molecule has 66 valence electrons. The molecular formula is C8H15F2N. The largest absolute Gasteiger partial charge is 0.306 e. The maximum absolute atomic E-state index is 13.0. The number of halogens is 2. The van der Waals surface area contributed by atoms with Gasteiger partial charge in [0.1, 0.15) is 0 Å². The minimum Gasteiger partial charge on any atom is -0.306 e. The Bertz CT molecular complexity index is 136. The van der Waals surface area contributed by atoms with Crippen molar-refractivity contribution in [1.82, 2.24) is 4.90 Å². The van der Waals surface area contributed by atoms with Gasteiger partial charge in [-0.3, -0.25) is 0 Å². The maximum Gasteiger partial charge on any atom is 0.253 e. The number of rotatable bonds is 1. The van der Waals surface area contributed by atoms with E-state index in [1.54, 1.807) is 0 Å². The zero-order valence-corrected chi connectivity index (χ0v) is 7.11. The summed E-state index contributed by atoms with van der Waals surface area (Å²) in [5.74, 6) is -2.84. The minimum atomic E-state index is -2.42. The lowest BCUT2D eigenvalue weighted by molar-refractivity contribution is -0.102. The molecule has 0 aromatic heterocycles. The van der Waals surface area contributed by atoms with Crippen molar-refractivity contribution >= 4 is 0 Å². The van der Waals surface area contributed by atoms with Gasteiger partial charge in [0.05, 0.1) is 0 Å². The summed E-state index contributed by atoms with van der Waals surface area (Å²) in [6, 6.07) is 0. The Morgan fingerprint density at radius 3 is 2.64 bits per heavy atom. The predicted octanol–water partition coefficient (Wildman–Crippen LogP) is 1.98. The summed E-state index contributed by atoms with van der Waals surface area (Å²) in [5, 5.41) is 0. The van der Waals surface area contributed by atoms with Gasteiger partial charge in [-0.05, 0) is 13.5 Å². The van der Waals surface area contributed by atoms with E-state index in [1.165, 1.54) is 0 Å². The van der Waals surface area contributed by atoms with Crippen molar-refractivity contribution < 1.29 is 8.78 Å². The molecule has 3 heteroatoms. The first-order valence-electron chi connectivity index (χ1n) is 4.12. The zero-order valence-electron chi connectivity index (χ0n) is 7.11. The quantitative estimate of drug-likeness (QED) is 0.571. The highest BCUT2D eigenvalue weighted by atomic mass is 19.3. The van der Waals surface area contributed by atoms with E-state index < -0.39 is 11.8 Å². The van der Waals surface area contributed by atoms with Crippen LogP contribution in [0.3, 0.4) is 0 Å². The van der Waals surface area contributed by atoms with Crippen LogP contribution >= 0.6 is 0 Å². The molecule has 1 rings (SSSR count). The summed E-state index contributed by atoms with van der Waals surface area (Å²) in [5.41, 5.74) is 0. The highest BCUT2D eigenvalue weighted by Crippen LogP contribution is 2.34. The Labute approximate surface area is 66.4 Å². The van der Waals surface area contributed by atoms with Crippen LogP contribution in [-0.4, -0.2) is 31.0 Å². The monoisotopic (exact) mass is 163 g/mol. The third kappa shape index (κ3) is 1.89. The zero-order chi connectivity index (χ0) is 8.48. The van der Waals surface area contributed by atoms with Crippen molar-refractivity contribution in [1.29, 1.82) is 0 Å². The van der Waals surface area contributed by atoms with Crippen LogP contribution in [0.25, 0.3) is 0 Å². The molecule has 0 spiro atoms. The standard InChI is InChI=1S/C8H15F2N/c1-3-7-6-11(2)5-4-8(7,9)10/h7H,3-6H2,1-2H3. The van der Waals surface area contributed by atoms with Crippen LogP contribution in [0, 0.1) is 5.92 Å².